The number of carbonyl (C=O) groups excluding carboxylic acids is 1. The summed E-state index contributed by atoms with van der Waals surface area (Å²) in [5.74, 6) is 1.90. The Morgan fingerprint density at radius 1 is 1.20 bits per heavy atom. The Morgan fingerprint density at radius 2 is 1.90 bits per heavy atom. The van der Waals surface area contributed by atoms with Crippen LogP contribution in [0.25, 0.3) is 11.0 Å². The van der Waals surface area contributed by atoms with Crippen LogP contribution in [0.3, 0.4) is 0 Å². The molecule has 1 amide bonds. The molecule has 1 aliphatic heterocycles. The van der Waals surface area contributed by atoms with Crippen molar-refractivity contribution in [3.05, 3.63) is 35.6 Å². The fourth-order valence-electron chi connectivity index (χ4n) is 3.64. The van der Waals surface area contributed by atoms with Crippen LogP contribution in [0.5, 0.6) is 0 Å². The van der Waals surface area contributed by atoms with Crippen LogP contribution in [0.2, 0.25) is 0 Å². The minimum Gasteiger partial charge on any atom is -0.459 e. The lowest BCUT2D eigenvalue weighted by atomic mass is 10.1. The lowest BCUT2D eigenvalue weighted by molar-refractivity contribution is -0.123. The molecule has 0 aliphatic carbocycles. The molecule has 166 valence electrons. The highest BCUT2D eigenvalue weighted by Gasteiger charge is 2.21. The van der Waals surface area contributed by atoms with Crippen molar-refractivity contribution < 1.29 is 9.21 Å². The standard InChI is InChI=1S/C22H33N5O2.HI/c1-5-23-22(24-14-20-17(4)18-8-6-7-9-19(18)29-20)27-12-10-26(11-13-27)15-21(28)25-16(2)3;/h6-9,16H,5,10-15H2,1-4H3,(H,23,24)(H,25,28);1H. The summed E-state index contributed by atoms with van der Waals surface area (Å²) in [5, 5.41) is 7.50. The number of amides is 1. The SMILES string of the molecule is CCNC(=NCc1oc2ccccc2c1C)N1CCN(CC(=O)NC(C)C)CC1.I. The van der Waals surface area contributed by atoms with E-state index in [2.05, 4.69) is 40.3 Å². The number of hydrogen-bond acceptors (Lipinski definition) is 4. The van der Waals surface area contributed by atoms with Crippen molar-refractivity contribution in [3.63, 3.8) is 0 Å². The molecule has 1 fully saturated rings. The van der Waals surface area contributed by atoms with Gasteiger partial charge in [-0.1, -0.05) is 18.2 Å². The van der Waals surface area contributed by atoms with Gasteiger partial charge in [-0.25, -0.2) is 4.99 Å². The number of fused-ring (bicyclic) bond motifs is 1. The maximum absolute atomic E-state index is 12.0. The van der Waals surface area contributed by atoms with Crippen molar-refractivity contribution in [1.82, 2.24) is 20.4 Å². The zero-order valence-corrected chi connectivity index (χ0v) is 20.7. The maximum Gasteiger partial charge on any atom is 0.234 e. The van der Waals surface area contributed by atoms with Crippen LogP contribution < -0.4 is 10.6 Å². The molecule has 8 heteroatoms. The van der Waals surface area contributed by atoms with Crippen LogP contribution in [0.15, 0.2) is 33.7 Å². The van der Waals surface area contributed by atoms with Crippen molar-refractivity contribution in [3.8, 4) is 0 Å². The minimum atomic E-state index is 0. The van der Waals surface area contributed by atoms with E-state index in [1.54, 1.807) is 0 Å². The van der Waals surface area contributed by atoms with Crippen LogP contribution in [-0.2, 0) is 11.3 Å². The number of carbonyl (C=O) groups is 1. The number of guanidine groups is 1. The average molecular weight is 527 g/mol. The summed E-state index contributed by atoms with van der Waals surface area (Å²) >= 11 is 0. The summed E-state index contributed by atoms with van der Waals surface area (Å²) in [6.45, 7) is 13.3. The van der Waals surface area contributed by atoms with Crippen LogP contribution in [0.4, 0.5) is 0 Å². The highest BCUT2D eigenvalue weighted by Crippen LogP contribution is 2.25. The van der Waals surface area contributed by atoms with Crippen molar-refractivity contribution in [2.75, 3.05) is 39.3 Å². The highest BCUT2D eigenvalue weighted by atomic mass is 127. The van der Waals surface area contributed by atoms with Gasteiger partial charge in [0.2, 0.25) is 5.91 Å². The van der Waals surface area contributed by atoms with Crippen molar-refractivity contribution in [2.45, 2.75) is 40.3 Å². The van der Waals surface area contributed by atoms with Gasteiger partial charge in [0.05, 0.1) is 6.54 Å². The van der Waals surface area contributed by atoms with E-state index in [0.717, 1.165) is 61.0 Å². The first-order valence-corrected chi connectivity index (χ1v) is 10.5. The Labute approximate surface area is 196 Å². The van der Waals surface area contributed by atoms with E-state index in [9.17, 15) is 4.79 Å². The molecule has 0 atom stereocenters. The van der Waals surface area contributed by atoms with Gasteiger partial charge < -0.3 is 20.0 Å². The molecule has 30 heavy (non-hydrogen) atoms. The third-order valence-electron chi connectivity index (χ3n) is 5.14. The molecule has 7 nitrogen and oxygen atoms in total. The molecule has 0 unspecified atom stereocenters. The molecule has 2 N–H and O–H groups in total. The van der Waals surface area contributed by atoms with E-state index >= 15 is 0 Å². The maximum atomic E-state index is 12.0. The predicted octanol–water partition coefficient (Wildman–Crippen LogP) is 2.97. The first-order chi connectivity index (χ1) is 14.0. The summed E-state index contributed by atoms with van der Waals surface area (Å²) in [5.41, 5.74) is 2.06. The van der Waals surface area contributed by atoms with Gasteiger partial charge in [0, 0.05) is 49.7 Å². The topological polar surface area (TPSA) is 73.1 Å². The van der Waals surface area contributed by atoms with Gasteiger partial charge in [-0.05, 0) is 33.8 Å². The highest BCUT2D eigenvalue weighted by molar-refractivity contribution is 14.0. The monoisotopic (exact) mass is 527 g/mol. The zero-order valence-electron chi connectivity index (χ0n) is 18.4. The smallest absolute Gasteiger partial charge is 0.234 e. The number of halogens is 1. The van der Waals surface area contributed by atoms with Gasteiger partial charge in [-0.3, -0.25) is 9.69 Å². The van der Waals surface area contributed by atoms with Crippen molar-refractivity contribution >= 4 is 46.8 Å². The largest absolute Gasteiger partial charge is 0.459 e. The lowest BCUT2D eigenvalue weighted by Crippen LogP contribution is -2.54. The number of aryl methyl sites for hydroxylation is 1. The van der Waals surface area contributed by atoms with Crippen molar-refractivity contribution in [2.24, 2.45) is 4.99 Å². The normalized spacial score (nSPS) is 15.4. The van der Waals surface area contributed by atoms with E-state index in [1.165, 1.54) is 0 Å². The van der Waals surface area contributed by atoms with Crippen LogP contribution in [-0.4, -0.2) is 67.0 Å². The van der Waals surface area contributed by atoms with Gasteiger partial charge in [-0.2, -0.15) is 0 Å². The Hall–Kier alpha value is -1.81. The first kappa shape index (κ1) is 24.5. The Bertz CT molecular complexity index is 856. The second-order valence-electron chi connectivity index (χ2n) is 7.80. The number of nitrogens with one attached hydrogen (secondary N) is 2. The molecule has 0 bridgehead atoms. The van der Waals surface area contributed by atoms with Crippen LogP contribution in [0, 0.1) is 6.92 Å². The number of nitrogens with zero attached hydrogens (tertiary/aromatic N) is 3. The number of para-hydroxylation sites is 1. The molecule has 2 heterocycles. The fraction of sp³-hybridized carbons (Fsp3) is 0.545. The van der Waals surface area contributed by atoms with E-state index in [4.69, 9.17) is 9.41 Å². The van der Waals surface area contributed by atoms with Crippen molar-refractivity contribution in [1.29, 1.82) is 0 Å². The molecule has 1 aromatic carbocycles. The molecule has 0 saturated carbocycles. The summed E-state index contributed by atoms with van der Waals surface area (Å²) in [7, 11) is 0. The van der Waals surface area contributed by atoms with Gasteiger partial charge in [0.15, 0.2) is 5.96 Å². The van der Waals surface area contributed by atoms with Gasteiger partial charge in [0.1, 0.15) is 17.9 Å². The average Bonchev–Trinajstić information content (AvgIpc) is 3.01. The lowest BCUT2D eigenvalue weighted by Gasteiger charge is -2.36. The second-order valence-corrected chi connectivity index (χ2v) is 7.80. The molecular formula is C22H34IN5O2. The molecule has 0 radical (unpaired) electrons. The number of furan rings is 1. The van der Waals surface area contributed by atoms with Gasteiger partial charge in [0.25, 0.3) is 0 Å². The number of rotatable bonds is 6. The van der Waals surface area contributed by atoms with E-state index in [1.807, 2.05) is 32.0 Å². The summed E-state index contributed by atoms with van der Waals surface area (Å²) in [6, 6.07) is 8.28. The third kappa shape index (κ3) is 6.34. The molecule has 2 aromatic rings. The van der Waals surface area contributed by atoms with Gasteiger partial charge >= 0.3 is 0 Å². The molecule has 1 aliphatic rings. The number of aliphatic imine (C=N–C) groups is 1. The van der Waals surface area contributed by atoms with Crippen LogP contribution >= 0.6 is 24.0 Å². The Kier molecular flexibility index (Phi) is 9.41. The summed E-state index contributed by atoms with van der Waals surface area (Å²) in [6.07, 6.45) is 0. The zero-order chi connectivity index (χ0) is 20.8. The van der Waals surface area contributed by atoms with E-state index < -0.39 is 0 Å². The third-order valence-corrected chi connectivity index (χ3v) is 5.14. The minimum absolute atomic E-state index is 0. The second kappa shape index (κ2) is 11.5. The summed E-state index contributed by atoms with van der Waals surface area (Å²) < 4.78 is 6.00. The van der Waals surface area contributed by atoms with E-state index in [-0.39, 0.29) is 35.9 Å². The predicted molar refractivity (Wildman–Crippen MR) is 132 cm³/mol. The number of hydrogen-bond donors (Lipinski definition) is 2. The number of piperazine rings is 1. The number of benzene rings is 1. The quantitative estimate of drug-likeness (QED) is 0.344. The molecule has 3 rings (SSSR count). The Balaban J connectivity index is 0.00000320. The van der Waals surface area contributed by atoms with Gasteiger partial charge in [-0.15, -0.1) is 24.0 Å². The van der Waals surface area contributed by atoms with E-state index in [0.29, 0.717) is 13.1 Å². The summed E-state index contributed by atoms with van der Waals surface area (Å²) in [4.78, 5) is 21.3. The fourth-order valence-corrected chi connectivity index (χ4v) is 3.64. The first-order valence-electron chi connectivity index (χ1n) is 10.5. The molecular weight excluding hydrogens is 493 g/mol. The molecule has 1 saturated heterocycles. The molecule has 1 aromatic heterocycles. The Morgan fingerprint density at radius 3 is 2.53 bits per heavy atom. The van der Waals surface area contributed by atoms with Crippen LogP contribution in [0.1, 0.15) is 32.1 Å². The molecule has 0 spiro atoms.